The van der Waals surface area contributed by atoms with E-state index in [-0.39, 0.29) is 24.7 Å². The molecule has 0 aromatic heterocycles. The molecule has 0 fully saturated rings. The van der Waals surface area contributed by atoms with Crippen LogP contribution in [-0.2, 0) is 19.6 Å². The van der Waals surface area contributed by atoms with E-state index >= 15 is 0 Å². The number of hydrogen-bond donors (Lipinski definition) is 1. The second kappa shape index (κ2) is 6.77. The van der Waals surface area contributed by atoms with Gasteiger partial charge in [0.2, 0.25) is 10.0 Å². The van der Waals surface area contributed by atoms with E-state index in [0.29, 0.717) is 0 Å². The van der Waals surface area contributed by atoms with Crippen molar-refractivity contribution in [2.45, 2.75) is 13.8 Å². The number of carbonyl (C=O) groups excluding carboxylic acids is 1. The Kier molecular flexibility index (Phi) is 6.46. The summed E-state index contributed by atoms with van der Waals surface area (Å²) in [6, 6.07) is 0. The highest BCUT2D eigenvalue weighted by molar-refractivity contribution is 7.92. The van der Waals surface area contributed by atoms with Crippen LogP contribution in [0.5, 0.6) is 0 Å². The number of carbonyl (C=O) groups is 1. The Morgan fingerprint density at radius 2 is 2.00 bits per heavy atom. The predicted molar refractivity (Wildman–Crippen MR) is 64.5 cm³/mol. The third-order valence-electron chi connectivity index (χ3n) is 1.68. The highest BCUT2D eigenvalue weighted by atomic mass is 32.2. The summed E-state index contributed by atoms with van der Waals surface area (Å²) in [4.78, 5) is 11.0. The molecule has 6 nitrogen and oxygen atoms in total. The zero-order chi connectivity index (χ0) is 12.8. The van der Waals surface area contributed by atoms with Crippen LogP contribution < -0.4 is 5.73 Å². The lowest BCUT2D eigenvalue weighted by atomic mass is 10.6. The Morgan fingerprint density at radius 3 is 2.38 bits per heavy atom. The molecule has 0 radical (unpaired) electrons. The topological polar surface area (TPSA) is 89.7 Å². The molecule has 0 atom stereocenters. The van der Waals surface area contributed by atoms with Crippen LogP contribution >= 0.6 is 12.2 Å². The van der Waals surface area contributed by atoms with E-state index in [4.69, 9.17) is 5.73 Å². The van der Waals surface area contributed by atoms with Gasteiger partial charge < -0.3 is 10.5 Å². The molecule has 0 saturated carbocycles. The maximum absolute atomic E-state index is 11.7. The smallest absolute Gasteiger partial charge is 0.321 e. The van der Waals surface area contributed by atoms with Gasteiger partial charge in [-0.05, 0) is 6.92 Å². The van der Waals surface area contributed by atoms with Gasteiger partial charge in [0.25, 0.3) is 0 Å². The summed E-state index contributed by atoms with van der Waals surface area (Å²) in [5.41, 5.74) is 5.17. The van der Waals surface area contributed by atoms with E-state index in [1.807, 2.05) is 0 Å². The Bertz CT molecular complexity index is 353. The summed E-state index contributed by atoms with van der Waals surface area (Å²) in [5.74, 6) is -1.02. The maximum Gasteiger partial charge on any atom is 0.321 e. The molecule has 8 heteroatoms. The predicted octanol–water partition coefficient (Wildman–Crippen LogP) is -0.513. The van der Waals surface area contributed by atoms with Crippen molar-refractivity contribution in [1.29, 1.82) is 0 Å². The summed E-state index contributed by atoms with van der Waals surface area (Å²) in [6.07, 6.45) is 0. The fourth-order valence-corrected chi connectivity index (χ4v) is 2.71. The monoisotopic (exact) mass is 268 g/mol. The molecule has 0 aromatic rings. The van der Waals surface area contributed by atoms with E-state index in [9.17, 15) is 13.2 Å². The van der Waals surface area contributed by atoms with Crippen LogP contribution in [0.25, 0.3) is 0 Å². The lowest BCUT2D eigenvalue weighted by Gasteiger charge is -2.18. The van der Waals surface area contributed by atoms with Gasteiger partial charge in [-0.2, -0.15) is 4.31 Å². The number of sulfonamides is 1. The first-order chi connectivity index (χ1) is 7.33. The van der Waals surface area contributed by atoms with Gasteiger partial charge in [-0.25, -0.2) is 8.42 Å². The van der Waals surface area contributed by atoms with Crippen molar-refractivity contribution in [3.05, 3.63) is 0 Å². The number of esters is 1. The van der Waals surface area contributed by atoms with Crippen LogP contribution in [0, 0.1) is 0 Å². The number of thiocarbonyl (C=S) groups is 1. The summed E-state index contributed by atoms with van der Waals surface area (Å²) < 4.78 is 29.0. The maximum atomic E-state index is 11.7. The largest absolute Gasteiger partial charge is 0.465 e. The molecule has 94 valence electrons. The lowest BCUT2D eigenvalue weighted by Crippen LogP contribution is -2.40. The Hall–Kier alpha value is -0.730. The van der Waals surface area contributed by atoms with Crippen LogP contribution in [0.4, 0.5) is 0 Å². The van der Waals surface area contributed by atoms with Gasteiger partial charge in [-0.15, -0.1) is 0 Å². The van der Waals surface area contributed by atoms with Gasteiger partial charge in [0.1, 0.15) is 12.3 Å². The van der Waals surface area contributed by atoms with Crippen LogP contribution in [0.1, 0.15) is 13.8 Å². The van der Waals surface area contributed by atoms with Gasteiger partial charge in [0.15, 0.2) is 0 Å². The van der Waals surface area contributed by atoms with Gasteiger partial charge >= 0.3 is 5.97 Å². The zero-order valence-electron chi connectivity index (χ0n) is 9.30. The Balaban J connectivity index is 4.60. The molecule has 0 aliphatic heterocycles. The fraction of sp³-hybridized carbons (Fsp3) is 0.750. The van der Waals surface area contributed by atoms with E-state index in [1.165, 1.54) is 0 Å². The first kappa shape index (κ1) is 15.3. The van der Waals surface area contributed by atoms with Gasteiger partial charge in [0.05, 0.1) is 11.6 Å². The van der Waals surface area contributed by atoms with Gasteiger partial charge in [-0.3, -0.25) is 4.79 Å². The molecule has 2 N–H and O–H groups in total. The molecule has 0 rings (SSSR count). The lowest BCUT2D eigenvalue weighted by molar-refractivity contribution is -0.143. The van der Waals surface area contributed by atoms with Crippen LogP contribution in [0.15, 0.2) is 0 Å². The zero-order valence-corrected chi connectivity index (χ0v) is 10.9. The highest BCUT2D eigenvalue weighted by Crippen LogP contribution is 2.01. The minimum absolute atomic E-state index is 0.123. The van der Waals surface area contributed by atoms with Crippen molar-refractivity contribution >= 4 is 33.2 Å². The molecule has 0 aromatic carbocycles. The number of hydrogen-bond acceptors (Lipinski definition) is 5. The van der Waals surface area contributed by atoms with Gasteiger partial charge in [0, 0.05) is 6.54 Å². The average Bonchev–Trinajstić information content (AvgIpc) is 2.12. The van der Waals surface area contributed by atoms with Crippen molar-refractivity contribution in [3.8, 4) is 0 Å². The summed E-state index contributed by atoms with van der Waals surface area (Å²) >= 11 is 4.53. The minimum atomic E-state index is -3.62. The summed E-state index contributed by atoms with van der Waals surface area (Å²) in [5, 5.41) is 0. The molecular weight excluding hydrogens is 252 g/mol. The van der Waals surface area contributed by atoms with Crippen LogP contribution in [0.2, 0.25) is 0 Å². The molecule has 0 saturated heterocycles. The first-order valence-electron chi connectivity index (χ1n) is 4.75. The SMILES string of the molecule is CCOC(=O)CN(CC)S(=O)(=O)CC(N)=S. The Morgan fingerprint density at radius 1 is 1.44 bits per heavy atom. The molecule has 0 amide bonds. The quantitative estimate of drug-likeness (QED) is 0.494. The molecule has 0 unspecified atom stereocenters. The molecule has 0 aliphatic carbocycles. The van der Waals surface area contributed by atoms with Crippen molar-refractivity contribution in [2.24, 2.45) is 5.73 Å². The van der Waals surface area contributed by atoms with Crippen molar-refractivity contribution in [1.82, 2.24) is 4.31 Å². The number of rotatable bonds is 7. The summed E-state index contributed by atoms with van der Waals surface area (Å²) in [7, 11) is -3.62. The highest BCUT2D eigenvalue weighted by Gasteiger charge is 2.24. The van der Waals surface area contributed by atoms with E-state index < -0.39 is 21.7 Å². The van der Waals surface area contributed by atoms with Crippen LogP contribution in [-0.4, -0.2) is 49.1 Å². The second-order valence-corrected chi connectivity index (χ2v) is 5.45. The number of likely N-dealkylation sites (N-methyl/N-ethyl adjacent to an activating group) is 1. The number of nitrogens with two attached hydrogens (primary N) is 1. The van der Waals surface area contributed by atoms with E-state index in [0.717, 1.165) is 4.31 Å². The van der Waals surface area contributed by atoms with E-state index in [1.54, 1.807) is 13.8 Å². The average molecular weight is 268 g/mol. The first-order valence-corrected chi connectivity index (χ1v) is 6.77. The number of ether oxygens (including phenoxy) is 1. The second-order valence-electron chi connectivity index (χ2n) is 2.95. The van der Waals surface area contributed by atoms with Crippen LogP contribution in [0.3, 0.4) is 0 Å². The minimum Gasteiger partial charge on any atom is -0.465 e. The van der Waals surface area contributed by atoms with Gasteiger partial charge in [-0.1, -0.05) is 19.1 Å². The third-order valence-corrected chi connectivity index (χ3v) is 3.86. The van der Waals surface area contributed by atoms with Crippen molar-refractivity contribution in [2.75, 3.05) is 25.4 Å². The Labute approximate surface area is 101 Å². The molecule has 0 spiro atoms. The normalized spacial score (nSPS) is 11.4. The van der Waals surface area contributed by atoms with Crippen molar-refractivity contribution < 1.29 is 17.9 Å². The molecule has 16 heavy (non-hydrogen) atoms. The number of nitrogens with zero attached hydrogens (tertiary/aromatic N) is 1. The standard InChI is InChI=1S/C8H16N2O4S2/c1-3-10(5-8(11)14-4-2)16(12,13)6-7(9)15/h3-6H2,1-2H3,(H2,9,15). The molecule has 0 aliphatic rings. The van der Waals surface area contributed by atoms with Crippen molar-refractivity contribution in [3.63, 3.8) is 0 Å². The van der Waals surface area contributed by atoms with E-state index in [2.05, 4.69) is 17.0 Å². The molecular formula is C8H16N2O4S2. The molecule has 0 heterocycles. The fourth-order valence-electron chi connectivity index (χ4n) is 1.03. The third kappa shape index (κ3) is 5.38. The molecule has 0 bridgehead atoms. The summed E-state index contributed by atoms with van der Waals surface area (Å²) in [6.45, 7) is 3.35.